The Labute approximate surface area is 208 Å². The van der Waals surface area contributed by atoms with E-state index in [2.05, 4.69) is 55.3 Å². The molecule has 36 heavy (non-hydrogen) atoms. The van der Waals surface area contributed by atoms with Gasteiger partial charge in [0, 0.05) is 81.2 Å². The molecule has 0 saturated carbocycles. The van der Waals surface area contributed by atoms with Gasteiger partial charge in [0.25, 0.3) is 0 Å². The van der Waals surface area contributed by atoms with Gasteiger partial charge in [-0.3, -0.25) is 14.6 Å². The van der Waals surface area contributed by atoms with E-state index in [9.17, 15) is 5.26 Å². The molecule has 5 aromatic heterocycles. The molecular formula is C27H25N9. The number of aromatic nitrogens is 6. The Morgan fingerprint density at radius 2 is 1.86 bits per heavy atom. The quantitative estimate of drug-likeness (QED) is 0.385. The summed E-state index contributed by atoms with van der Waals surface area (Å²) in [4.78, 5) is 14.0. The van der Waals surface area contributed by atoms with E-state index in [-0.39, 0.29) is 0 Å². The minimum Gasteiger partial charge on any atom is -0.354 e. The lowest BCUT2D eigenvalue weighted by atomic mass is 10.0. The van der Waals surface area contributed by atoms with E-state index >= 15 is 0 Å². The number of piperazine rings is 1. The molecule has 6 heterocycles. The maximum absolute atomic E-state index is 9.67. The van der Waals surface area contributed by atoms with Crippen molar-refractivity contribution in [3.63, 3.8) is 0 Å². The zero-order valence-corrected chi connectivity index (χ0v) is 20.0. The van der Waals surface area contributed by atoms with E-state index < -0.39 is 0 Å². The minimum absolute atomic E-state index is 0.533. The number of hydrogen-bond donors (Lipinski definition) is 0. The molecule has 0 unspecified atom stereocenters. The highest BCUT2D eigenvalue weighted by Crippen LogP contribution is 2.32. The normalized spacial score (nSPS) is 14.3. The lowest BCUT2D eigenvalue weighted by molar-refractivity contribution is 0.246. The van der Waals surface area contributed by atoms with Gasteiger partial charge in [0.2, 0.25) is 0 Å². The Bertz CT molecular complexity index is 1540. The van der Waals surface area contributed by atoms with Crippen molar-refractivity contribution in [3.05, 3.63) is 84.7 Å². The first-order chi connectivity index (χ1) is 17.7. The van der Waals surface area contributed by atoms with E-state index in [0.717, 1.165) is 72.1 Å². The molecule has 6 rings (SSSR count). The number of nitriles is 1. The molecule has 0 aliphatic carbocycles. The Kier molecular flexibility index (Phi) is 5.64. The van der Waals surface area contributed by atoms with Gasteiger partial charge in [-0.25, -0.2) is 9.50 Å². The Balaban J connectivity index is 1.25. The summed E-state index contributed by atoms with van der Waals surface area (Å²) in [6.45, 7) is 4.64. The number of nitrogens with zero attached hydrogens (tertiary/aromatic N) is 9. The van der Waals surface area contributed by atoms with Crippen LogP contribution in [0.25, 0.3) is 27.9 Å². The van der Waals surface area contributed by atoms with Crippen LogP contribution >= 0.6 is 0 Å². The molecular weight excluding hydrogens is 450 g/mol. The number of aryl methyl sites for hydroxylation is 1. The third kappa shape index (κ3) is 4.19. The van der Waals surface area contributed by atoms with Crippen molar-refractivity contribution in [1.82, 2.24) is 34.3 Å². The first-order valence-electron chi connectivity index (χ1n) is 11.9. The summed E-state index contributed by atoms with van der Waals surface area (Å²) in [5.74, 6) is 0.960. The summed E-state index contributed by atoms with van der Waals surface area (Å²) in [6, 6.07) is 16.5. The molecule has 0 bridgehead atoms. The van der Waals surface area contributed by atoms with Crippen LogP contribution in [-0.4, -0.2) is 60.4 Å². The molecule has 0 aromatic carbocycles. The topological polar surface area (TPSA) is 91.2 Å². The van der Waals surface area contributed by atoms with Gasteiger partial charge in [0.05, 0.1) is 28.7 Å². The fraction of sp³-hybridized carbons (Fsp3) is 0.222. The van der Waals surface area contributed by atoms with Gasteiger partial charge in [-0.05, 0) is 36.4 Å². The van der Waals surface area contributed by atoms with E-state index in [1.165, 1.54) is 0 Å². The molecule has 1 fully saturated rings. The van der Waals surface area contributed by atoms with Crippen LogP contribution in [0.4, 0.5) is 5.82 Å². The molecule has 0 N–H and O–H groups in total. The first-order valence-corrected chi connectivity index (χ1v) is 11.9. The number of anilines is 1. The average molecular weight is 476 g/mol. The number of pyridine rings is 3. The Morgan fingerprint density at radius 1 is 0.972 bits per heavy atom. The molecule has 178 valence electrons. The Hall–Kier alpha value is -4.55. The second kappa shape index (κ2) is 9.24. The van der Waals surface area contributed by atoms with Crippen molar-refractivity contribution < 1.29 is 0 Å². The van der Waals surface area contributed by atoms with E-state index in [1.807, 2.05) is 50.0 Å². The predicted octanol–water partition coefficient (Wildman–Crippen LogP) is 3.39. The monoisotopic (exact) mass is 475 g/mol. The van der Waals surface area contributed by atoms with Gasteiger partial charge in [-0.15, -0.1) is 0 Å². The van der Waals surface area contributed by atoms with Crippen molar-refractivity contribution in [2.24, 2.45) is 7.05 Å². The van der Waals surface area contributed by atoms with E-state index in [4.69, 9.17) is 4.98 Å². The van der Waals surface area contributed by atoms with Gasteiger partial charge in [-0.1, -0.05) is 6.07 Å². The van der Waals surface area contributed by atoms with Crippen molar-refractivity contribution in [2.45, 2.75) is 6.54 Å². The molecule has 9 nitrogen and oxygen atoms in total. The molecule has 0 spiro atoms. The summed E-state index contributed by atoms with van der Waals surface area (Å²) in [5.41, 5.74) is 6.03. The zero-order chi connectivity index (χ0) is 24.5. The molecule has 5 aromatic rings. The highest BCUT2D eigenvalue weighted by molar-refractivity contribution is 5.87. The molecule has 9 heteroatoms. The van der Waals surface area contributed by atoms with Crippen LogP contribution in [0.3, 0.4) is 0 Å². The lowest BCUT2D eigenvalue weighted by Crippen LogP contribution is -2.46. The fourth-order valence-corrected chi connectivity index (χ4v) is 4.72. The van der Waals surface area contributed by atoms with Crippen molar-refractivity contribution in [3.8, 4) is 28.5 Å². The van der Waals surface area contributed by atoms with Crippen LogP contribution < -0.4 is 4.90 Å². The van der Waals surface area contributed by atoms with Crippen molar-refractivity contribution in [2.75, 3.05) is 31.1 Å². The largest absolute Gasteiger partial charge is 0.354 e. The van der Waals surface area contributed by atoms with Crippen LogP contribution in [0.1, 0.15) is 11.3 Å². The van der Waals surface area contributed by atoms with E-state index in [0.29, 0.717) is 5.56 Å². The number of rotatable bonds is 5. The number of hydrogen-bond acceptors (Lipinski definition) is 7. The van der Waals surface area contributed by atoms with Crippen LogP contribution in [-0.2, 0) is 13.6 Å². The molecule has 0 amide bonds. The van der Waals surface area contributed by atoms with Crippen molar-refractivity contribution in [1.29, 1.82) is 5.26 Å². The SMILES string of the molecule is Cn1ccc(-c2cc(-c3ccc(N4CCN(Cc5ccccn5)CC4)nc3)c3c(C#N)cnn3c2)n1. The second-order valence-electron chi connectivity index (χ2n) is 8.97. The maximum atomic E-state index is 9.67. The van der Waals surface area contributed by atoms with Crippen LogP contribution in [0.2, 0.25) is 0 Å². The average Bonchev–Trinajstić information content (AvgIpc) is 3.55. The number of fused-ring (bicyclic) bond motifs is 1. The summed E-state index contributed by atoms with van der Waals surface area (Å²) in [7, 11) is 1.89. The first kappa shape index (κ1) is 21.9. The molecule has 0 atom stereocenters. The summed E-state index contributed by atoms with van der Waals surface area (Å²) >= 11 is 0. The standard InChI is InChI=1S/C27H25N9/c1-33-9-7-25(32-33)21-14-24(27-22(15-28)17-31-36(27)18-21)20-5-6-26(30-16-20)35-12-10-34(11-13-35)19-23-4-2-3-8-29-23/h2-9,14,16-18H,10-13,19H2,1H3. The van der Waals surface area contributed by atoms with Gasteiger partial charge in [0.1, 0.15) is 11.9 Å². The highest BCUT2D eigenvalue weighted by Gasteiger charge is 2.19. The van der Waals surface area contributed by atoms with Crippen LogP contribution in [0, 0.1) is 11.3 Å². The summed E-state index contributed by atoms with van der Waals surface area (Å²) in [5, 5.41) is 18.6. The molecule has 1 saturated heterocycles. The highest BCUT2D eigenvalue weighted by atomic mass is 15.3. The molecule has 0 radical (unpaired) electrons. The maximum Gasteiger partial charge on any atom is 0.128 e. The van der Waals surface area contributed by atoms with Crippen LogP contribution in [0.5, 0.6) is 0 Å². The summed E-state index contributed by atoms with van der Waals surface area (Å²) < 4.78 is 3.53. The van der Waals surface area contributed by atoms with Crippen LogP contribution in [0.15, 0.2) is 73.4 Å². The summed E-state index contributed by atoms with van der Waals surface area (Å²) in [6.07, 6.45) is 9.17. The predicted molar refractivity (Wildman–Crippen MR) is 137 cm³/mol. The zero-order valence-electron chi connectivity index (χ0n) is 20.0. The Morgan fingerprint density at radius 3 is 2.56 bits per heavy atom. The minimum atomic E-state index is 0.533. The van der Waals surface area contributed by atoms with Gasteiger partial charge >= 0.3 is 0 Å². The second-order valence-corrected chi connectivity index (χ2v) is 8.97. The smallest absolute Gasteiger partial charge is 0.128 e. The fourth-order valence-electron chi connectivity index (χ4n) is 4.72. The van der Waals surface area contributed by atoms with Gasteiger partial charge < -0.3 is 4.90 Å². The van der Waals surface area contributed by atoms with E-state index in [1.54, 1.807) is 15.4 Å². The molecule has 1 aliphatic heterocycles. The van der Waals surface area contributed by atoms with Crippen molar-refractivity contribution >= 4 is 11.3 Å². The molecule has 1 aliphatic rings. The van der Waals surface area contributed by atoms with Gasteiger partial charge in [-0.2, -0.15) is 15.5 Å². The third-order valence-corrected chi connectivity index (χ3v) is 6.61. The lowest BCUT2D eigenvalue weighted by Gasteiger charge is -2.35. The third-order valence-electron chi connectivity index (χ3n) is 6.61. The van der Waals surface area contributed by atoms with Gasteiger partial charge in [0.15, 0.2) is 0 Å².